The maximum absolute atomic E-state index is 12.0. The van der Waals surface area contributed by atoms with Crippen molar-refractivity contribution in [3.63, 3.8) is 0 Å². The summed E-state index contributed by atoms with van der Waals surface area (Å²) in [6.45, 7) is 3.63. The number of alkyl halides is 3. The van der Waals surface area contributed by atoms with Gasteiger partial charge in [-0.1, -0.05) is 30.9 Å². The Labute approximate surface area is 152 Å². The summed E-state index contributed by atoms with van der Waals surface area (Å²) in [4.78, 5) is 8.01. The van der Waals surface area contributed by atoms with Gasteiger partial charge in [-0.2, -0.15) is 13.2 Å². The largest absolute Gasteiger partial charge is 0.390 e. The molecule has 4 nitrogen and oxygen atoms in total. The second-order valence-electron chi connectivity index (χ2n) is 7.00. The molecule has 2 aromatic rings. The molecule has 1 saturated carbocycles. The lowest BCUT2D eigenvalue weighted by Gasteiger charge is -2.27. The van der Waals surface area contributed by atoms with E-state index in [1.54, 1.807) is 6.92 Å². The minimum Gasteiger partial charge on any atom is -0.383 e. The van der Waals surface area contributed by atoms with E-state index in [-0.39, 0.29) is 0 Å². The van der Waals surface area contributed by atoms with Crippen LogP contribution in [0.5, 0.6) is 0 Å². The highest BCUT2D eigenvalue weighted by Crippen LogP contribution is 2.23. The Morgan fingerprint density at radius 1 is 1.19 bits per heavy atom. The molecule has 1 aromatic heterocycles. The third-order valence-corrected chi connectivity index (χ3v) is 4.48. The lowest BCUT2D eigenvalue weighted by molar-refractivity contribution is -0.139. The van der Waals surface area contributed by atoms with Crippen LogP contribution in [0.25, 0.3) is 10.9 Å². The van der Waals surface area contributed by atoms with Crippen molar-refractivity contribution in [2.24, 2.45) is 0 Å². The van der Waals surface area contributed by atoms with Crippen molar-refractivity contribution >= 4 is 16.7 Å². The summed E-state index contributed by atoms with van der Waals surface area (Å²) in [5, 5.41) is 3.98. The summed E-state index contributed by atoms with van der Waals surface area (Å²) in [7, 11) is 0. The molecule has 1 aliphatic carbocycles. The molecule has 1 fully saturated rings. The molecule has 0 bridgehead atoms. The molecule has 144 valence electrons. The molecular weight excluding hydrogens is 341 g/mol. The minimum atomic E-state index is -4.04. The monoisotopic (exact) mass is 368 g/mol. The topological polar surface area (TPSA) is 63.8 Å². The fourth-order valence-corrected chi connectivity index (χ4v) is 3.27. The zero-order valence-corrected chi connectivity index (χ0v) is 15.3. The molecule has 26 heavy (non-hydrogen) atoms. The average molecular weight is 368 g/mol. The Morgan fingerprint density at radius 2 is 1.88 bits per heavy atom. The van der Waals surface area contributed by atoms with Crippen LogP contribution in [0.1, 0.15) is 51.0 Å². The molecule has 0 spiro atoms. The fraction of sp³-hybridized carbons (Fsp3) is 0.579. The van der Waals surface area contributed by atoms with Crippen molar-refractivity contribution in [3.05, 3.63) is 30.1 Å². The Morgan fingerprint density at radius 3 is 2.54 bits per heavy atom. The zero-order valence-electron chi connectivity index (χ0n) is 15.3. The molecule has 0 radical (unpaired) electrons. The molecule has 1 atom stereocenters. The second-order valence-corrected chi connectivity index (χ2v) is 7.00. The second kappa shape index (κ2) is 9.16. The van der Waals surface area contributed by atoms with Crippen molar-refractivity contribution < 1.29 is 13.2 Å². The van der Waals surface area contributed by atoms with Crippen LogP contribution in [0, 0.1) is 6.92 Å². The quantitative estimate of drug-likeness (QED) is 0.819. The highest BCUT2D eigenvalue weighted by Gasteiger charge is 2.30. The van der Waals surface area contributed by atoms with Gasteiger partial charge in [-0.15, -0.1) is 0 Å². The van der Waals surface area contributed by atoms with Crippen LogP contribution in [-0.4, -0.2) is 28.2 Å². The van der Waals surface area contributed by atoms with Gasteiger partial charge in [0.15, 0.2) is 0 Å². The van der Waals surface area contributed by atoms with Crippen molar-refractivity contribution in [2.75, 3.05) is 5.73 Å². The van der Waals surface area contributed by atoms with Gasteiger partial charge in [-0.25, -0.2) is 9.97 Å². The van der Waals surface area contributed by atoms with Crippen LogP contribution in [0.2, 0.25) is 0 Å². The van der Waals surface area contributed by atoms with Crippen LogP contribution in [0.3, 0.4) is 0 Å². The number of nitrogen functional groups attached to an aromatic ring is 1. The van der Waals surface area contributed by atoms with Crippen molar-refractivity contribution in [1.82, 2.24) is 15.3 Å². The summed E-state index contributed by atoms with van der Waals surface area (Å²) in [6, 6.07) is 5.81. The van der Waals surface area contributed by atoms with E-state index in [9.17, 15) is 13.2 Å². The number of aryl methyl sites for hydroxylation is 1. The van der Waals surface area contributed by atoms with Gasteiger partial charge in [0.1, 0.15) is 12.1 Å². The third kappa shape index (κ3) is 6.78. The minimum absolute atomic E-state index is 0.307. The molecule has 0 saturated heterocycles. The molecule has 0 aliphatic heterocycles. The Kier molecular flexibility index (Phi) is 7.20. The maximum Gasteiger partial charge on any atom is 0.390 e. The molecule has 1 aliphatic rings. The SMILES string of the molecule is CC(CC(F)(F)F)NC1CCCCC1.Cc1ccc2ncnc(N)c2c1. The Bertz CT molecular complexity index is 697. The highest BCUT2D eigenvalue weighted by molar-refractivity contribution is 5.88. The predicted molar refractivity (Wildman–Crippen MR) is 98.8 cm³/mol. The summed E-state index contributed by atoms with van der Waals surface area (Å²) in [5.41, 5.74) is 7.74. The molecule has 1 heterocycles. The molecule has 7 heteroatoms. The molecule has 0 amide bonds. The summed E-state index contributed by atoms with van der Waals surface area (Å²) in [5.74, 6) is 0.545. The van der Waals surface area contributed by atoms with E-state index in [0.717, 1.165) is 36.6 Å². The average Bonchev–Trinajstić information content (AvgIpc) is 2.55. The normalized spacial score (nSPS) is 16.8. The summed E-state index contributed by atoms with van der Waals surface area (Å²) >= 11 is 0. The van der Waals surface area contributed by atoms with Crippen LogP contribution in [0.15, 0.2) is 24.5 Å². The molecule has 1 unspecified atom stereocenters. The predicted octanol–water partition coefficient (Wildman–Crippen LogP) is 4.77. The van der Waals surface area contributed by atoms with Crippen LogP contribution in [-0.2, 0) is 0 Å². The Hall–Kier alpha value is -1.89. The molecular formula is C19H27F3N4. The first kappa shape index (κ1) is 20.4. The molecule has 3 N–H and O–H groups in total. The molecule has 3 rings (SSSR count). The van der Waals surface area contributed by atoms with E-state index in [2.05, 4.69) is 15.3 Å². The zero-order chi connectivity index (χ0) is 19.2. The van der Waals surface area contributed by atoms with Crippen molar-refractivity contribution in [2.45, 2.75) is 70.6 Å². The number of halogens is 3. The number of hydrogen-bond donors (Lipinski definition) is 2. The van der Waals surface area contributed by atoms with E-state index >= 15 is 0 Å². The Balaban J connectivity index is 0.000000189. The van der Waals surface area contributed by atoms with Gasteiger partial charge in [-0.05, 0) is 38.8 Å². The lowest BCUT2D eigenvalue weighted by Crippen LogP contribution is -2.40. The van der Waals surface area contributed by atoms with Gasteiger partial charge in [0.25, 0.3) is 0 Å². The number of nitrogens with one attached hydrogen (secondary N) is 1. The van der Waals surface area contributed by atoms with Gasteiger partial charge in [0.05, 0.1) is 11.9 Å². The number of aromatic nitrogens is 2. The van der Waals surface area contributed by atoms with Crippen LogP contribution in [0.4, 0.5) is 19.0 Å². The molecule has 1 aromatic carbocycles. The van der Waals surface area contributed by atoms with Gasteiger partial charge in [0, 0.05) is 17.5 Å². The number of hydrogen-bond acceptors (Lipinski definition) is 4. The number of rotatable bonds is 3. The highest BCUT2D eigenvalue weighted by atomic mass is 19.4. The van der Waals surface area contributed by atoms with Gasteiger partial charge in [-0.3, -0.25) is 0 Å². The lowest BCUT2D eigenvalue weighted by atomic mass is 9.95. The number of anilines is 1. The van der Waals surface area contributed by atoms with E-state index in [1.165, 1.54) is 18.3 Å². The maximum atomic E-state index is 12.0. The first-order valence-corrected chi connectivity index (χ1v) is 9.04. The van der Waals surface area contributed by atoms with E-state index in [4.69, 9.17) is 5.73 Å². The van der Waals surface area contributed by atoms with E-state index in [1.807, 2.05) is 25.1 Å². The third-order valence-electron chi connectivity index (χ3n) is 4.48. The van der Waals surface area contributed by atoms with E-state index in [0.29, 0.717) is 11.9 Å². The number of fused-ring (bicyclic) bond motifs is 1. The van der Waals surface area contributed by atoms with Gasteiger partial charge in [0.2, 0.25) is 0 Å². The number of nitrogens with two attached hydrogens (primary N) is 1. The summed E-state index contributed by atoms with van der Waals surface area (Å²) < 4.78 is 36.1. The van der Waals surface area contributed by atoms with Crippen LogP contribution >= 0.6 is 0 Å². The summed E-state index contributed by atoms with van der Waals surface area (Å²) in [6.07, 6.45) is 2.31. The standard InChI is InChI=1S/C10H18F3N.C9H9N3/c1-8(7-10(11,12)13)14-9-5-3-2-4-6-9;1-6-2-3-8-7(4-6)9(10)12-5-11-8/h8-9,14H,2-7H2,1H3;2-5H,1H3,(H2,10,11,12). The van der Waals surface area contributed by atoms with Crippen molar-refractivity contribution in [1.29, 1.82) is 0 Å². The van der Waals surface area contributed by atoms with E-state index < -0.39 is 18.6 Å². The van der Waals surface area contributed by atoms with Gasteiger partial charge < -0.3 is 11.1 Å². The van der Waals surface area contributed by atoms with Gasteiger partial charge >= 0.3 is 6.18 Å². The van der Waals surface area contributed by atoms with Crippen molar-refractivity contribution in [3.8, 4) is 0 Å². The first-order chi connectivity index (χ1) is 12.2. The smallest absolute Gasteiger partial charge is 0.383 e. The number of nitrogens with zero attached hydrogens (tertiary/aromatic N) is 2. The van der Waals surface area contributed by atoms with Crippen LogP contribution < -0.4 is 11.1 Å². The fourth-order valence-electron chi connectivity index (χ4n) is 3.27. The number of benzene rings is 1. The first-order valence-electron chi connectivity index (χ1n) is 9.04.